The van der Waals surface area contributed by atoms with Crippen LogP contribution in [0.3, 0.4) is 0 Å². The summed E-state index contributed by atoms with van der Waals surface area (Å²) < 4.78 is 11.7. The summed E-state index contributed by atoms with van der Waals surface area (Å²) in [5.41, 5.74) is 0.183. The van der Waals surface area contributed by atoms with Gasteiger partial charge in [0.05, 0.1) is 19.3 Å². The minimum Gasteiger partial charge on any atom is -0.377 e. The molecular weight excluding hydrogens is 226 g/mol. The zero-order valence-corrected chi connectivity index (χ0v) is 11.3. The van der Waals surface area contributed by atoms with Gasteiger partial charge in [-0.2, -0.15) is 0 Å². The van der Waals surface area contributed by atoms with Gasteiger partial charge >= 0.3 is 0 Å². The Kier molecular flexibility index (Phi) is 4.98. The van der Waals surface area contributed by atoms with Crippen molar-refractivity contribution in [3.05, 3.63) is 25.3 Å². The van der Waals surface area contributed by atoms with Gasteiger partial charge in [-0.3, -0.25) is 4.90 Å². The van der Waals surface area contributed by atoms with Gasteiger partial charge in [0.2, 0.25) is 0 Å². The van der Waals surface area contributed by atoms with Gasteiger partial charge < -0.3 is 9.47 Å². The van der Waals surface area contributed by atoms with E-state index in [1.807, 2.05) is 12.2 Å². The average Bonchev–Trinajstić information content (AvgIpc) is 2.39. The van der Waals surface area contributed by atoms with E-state index in [1.54, 1.807) is 0 Å². The Bertz CT molecular complexity index is 292. The van der Waals surface area contributed by atoms with Crippen molar-refractivity contribution in [1.82, 2.24) is 4.90 Å². The van der Waals surface area contributed by atoms with Crippen molar-refractivity contribution in [3.8, 4) is 0 Å². The summed E-state index contributed by atoms with van der Waals surface area (Å²) in [4.78, 5) is 2.47. The normalized spacial score (nSPS) is 32.8. The van der Waals surface area contributed by atoms with Gasteiger partial charge in [-0.05, 0) is 19.3 Å². The first-order chi connectivity index (χ1) is 8.80. The summed E-state index contributed by atoms with van der Waals surface area (Å²) in [5.74, 6) is 0. The summed E-state index contributed by atoms with van der Waals surface area (Å²) >= 11 is 0. The van der Waals surface area contributed by atoms with Crippen LogP contribution in [-0.2, 0) is 9.47 Å². The second kappa shape index (κ2) is 6.50. The van der Waals surface area contributed by atoms with Crippen LogP contribution in [0.15, 0.2) is 25.3 Å². The van der Waals surface area contributed by atoms with Gasteiger partial charge in [0, 0.05) is 31.7 Å². The van der Waals surface area contributed by atoms with Gasteiger partial charge in [-0.1, -0.05) is 12.2 Å². The molecule has 2 aliphatic rings. The van der Waals surface area contributed by atoms with E-state index >= 15 is 0 Å². The standard InChI is InChI=1S/C15H25NO2/c1-3-8-16-9-6-14-15(12-16,7-5-11-18-14)13-17-10-4-2/h3-4,14H,1-2,5-13H2/t14-,15-/m1/s1. The fraction of sp³-hybridized carbons (Fsp3) is 0.733. The van der Waals surface area contributed by atoms with Crippen LogP contribution in [0.4, 0.5) is 0 Å². The Hall–Kier alpha value is -0.640. The van der Waals surface area contributed by atoms with Crippen LogP contribution in [0.25, 0.3) is 0 Å². The molecule has 0 aromatic carbocycles. The van der Waals surface area contributed by atoms with Crippen LogP contribution in [-0.4, -0.2) is 50.5 Å². The van der Waals surface area contributed by atoms with Crippen molar-refractivity contribution in [3.63, 3.8) is 0 Å². The van der Waals surface area contributed by atoms with E-state index in [-0.39, 0.29) is 5.41 Å². The largest absolute Gasteiger partial charge is 0.377 e. The van der Waals surface area contributed by atoms with Crippen molar-refractivity contribution in [2.24, 2.45) is 5.41 Å². The molecule has 0 amide bonds. The summed E-state index contributed by atoms with van der Waals surface area (Å²) in [6.45, 7) is 13.0. The minimum absolute atomic E-state index is 0.183. The molecule has 0 bridgehead atoms. The maximum atomic E-state index is 5.98. The van der Waals surface area contributed by atoms with E-state index in [2.05, 4.69) is 18.1 Å². The summed E-state index contributed by atoms with van der Waals surface area (Å²) in [7, 11) is 0. The number of hydrogen-bond acceptors (Lipinski definition) is 3. The highest BCUT2D eigenvalue weighted by Gasteiger charge is 2.45. The number of ether oxygens (including phenoxy) is 2. The first-order valence-corrected chi connectivity index (χ1v) is 6.94. The zero-order chi connectivity index (χ0) is 12.8. The molecule has 18 heavy (non-hydrogen) atoms. The molecule has 2 heterocycles. The summed E-state index contributed by atoms with van der Waals surface area (Å²) in [6.07, 6.45) is 7.66. The molecule has 0 spiro atoms. The lowest BCUT2D eigenvalue weighted by molar-refractivity contribution is -0.149. The molecule has 3 nitrogen and oxygen atoms in total. The molecule has 3 heteroatoms. The molecule has 2 rings (SSSR count). The maximum absolute atomic E-state index is 5.98. The van der Waals surface area contributed by atoms with Crippen LogP contribution in [0.5, 0.6) is 0 Å². The molecule has 0 saturated carbocycles. The lowest BCUT2D eigenvalue weighted by atomic mass is 9.73. The van der Waals surface area contributed by atoms with Gasteiger partial charge in [0.1, 0.15) is 0 Å². The first kappa shape index (κ1) is 13.8. The predicted molar refractivity (Wildman–Crippen MR) is 73.7 cm³/mol. The quantitative estimate of drug-likeness (QED) is 0.534. The van der Waals surface area contributed by atoms with Crippen LogP contribution < -0.4 is 0 Å². The van der Waals surface area contributed by atoms with Crippen LogP contribution in [0, 0.1) is 5.41 Å². The molecule has 0 unspecified atom stereocenters. The molecule has 0 aromatic rings. The highest BCUT2D eigenvalue weighted by atomic mass is 16.5. The second-order valence-corrected chi connectivity index (χ2v) is 5.44. The number of fused-ring (bicyclic) bond motifs is 1. The number of rotatable bonds is 6. The van der Waals surface area contributed by atoms with Gasteiger partial charge in [0.25, 0.3) is 0 Å². The van der Waals surface area contributed by atoms with Crippen LogP contribution >= 0.6 is 0 Å². The zero-order valence-electron chi connectivity index (χ0n) is 11.3. The Morgan fingerprint density at radius 2 is 2.28 bits per heavy atom. The topological polar surface area (TPSA) is 21.7 Å². The van der Waals surface area contributed by atoms with Crippen molar-refractivity contribution < 1.29 is 9.47 Å². The molecule has 102 valence electrons. The number of nitrogens with zero attached hydrogens (tertiary/aromatic N) is 1. The highest BCUT2D eigenvalue weighted by molar-refractivity contribution is 4.97. The van der Waals surface area contributed by atoms with Crippen LogP contribution in [0.2, 0.25) is 0 Å². The average molecular weight is 251 g/mol. The molecule has 2 aliphatic heterocycles. The van der Waals surface area contributed by atoms with E-state index < -0.39 is 0 Å². The molecule has 2 fully saturated rings. The number of piperidine rings is 1. The van der Waals surface area contributed by atoms with Gasteiger partial charge in [-0.15, -0.1) is 13.2 Å². The maximum Gasteiger partial charge on any atom is 0.0677 e. The van der Waals surface area contributed by atoms with E-state index in [0.29, 0.717) is 12.7 Å². The highest BCUT2D eigenvalue weighted by Crippen LogP contribution is 2.40. The lowest BCUT2D eigenvalue weighted by Crippen LogP contribution is -2.56. The third-order valence-corrected chi connectivity index (χ3v) is 4.08. The molecular formula is C15H25NO2. The first-order valence-electron chi connectivity index (χ1n) is 6.94. The fourth-order valence-electron chi connectivity index (χ4n) is 3.28. The number of hydrogen-bond donors (Lipinski definition) is 0. The molecule has 0 aliphatic carbocycles. The molecule has 0 N–H and O–H groups in total. The fourth-order valence-corrected chi connectivity index (χ4v) is 3.28. The Balaban J connectivity index is 2.01. The van der Waals surface area contributed by atoms with Gasteiger partial charge in [0.15, 0.2) is 0 Å². The Morgan fingerprint density at radius 3 is 3.06 bits per heavy atom. The van der Waals surface area contributed by atoms with E-state index in [9.17, 15) is 0 Å². The molecule has 2 saturated heterocycles. The van der Waals surface area contributed by atoms with Crippen molar-refractivity contribution >= 4 is 0 Å². The van der Waals surface area contributed by atoms with Crippen LogP contribution in [0.1, 0.15) is 19.3 Å². The van der Waals surface area contributed by atoms with E-state index in [4.69, 9.17) is 9.47 Å². The monoisotopic (exact) mass is 251 g/mol. The van der Waals surface area contributed by atoms with E-state index in [0.717, 1.165) is 45.7 Å². The SMILES string of the molecule is C=CCOC[C@]12CCCO[C@@H]1CCN(CC=C)C2. The smallest absolute Gasteiger partial charge is 0.0677 e. The summed E-state index contributed by atoms with van der Waals surface area (Å²) in [5, 5.41) is 0. The molecule has 2 atom stereocenters. The van der Waals surface area contributed by atoms with Gasteiger partial charge in [-0.25, -0.2) is 0 Å². The van der Waals surface area contributed by atoms with Crippen molar-refractivity contribution in [1.29, 1.82) is 0 Å². The van der Waals surface area contributed by atoms with Crippen molar-refractivity contribution in [2.45, 2.75) is 25.4 Å². The minimum atomic E-state index is 0.183. The third-order valence-electron chi connectivity index (χ3n) is 4.08. The third kappa shape index (κ3) is 3.02. The Labute approximate surface area is 110 Å². The van der Waals surface area contributed by atoms with Crippen molar-refractivity contribution in [2.75, 3.05) is 39.5 Å². The second-order valence-electron chi connectivity index (χ2n) is 5.44. The number of likely N-dealkylation sites (tertiary alicyclic amines) is 1. The predicted octanol–water partition coefficient (Wildman–Crippen LogP) is 2.25. The summed E-state index contributed by atoms with van der Waals surface area (Å²) in [6, 6.07) is 0. The molecule has 0 radical (unpaired) electrons. The lowest BCUT2D eigenvalue weighted by Gasteiger charge is -2.50. The van der Waals surface area contributed by atoms with E-state index in [1.165, 1.54) is 6.42 Å². The Morgan fingerprint density at radius 1 is 1.39 bits per heavy atom. The molecule has 0 aromatic heterocycles.